The van der Waals surface area contributed by atoms with E-state index in [9.17, 15) is 4.39 Å². The van der Waals surface area contributed by atoms with E-state index < -0.39 is 0 Å². The summed E-state index contributed by atoms with van der Waals surface area (Å²) in [6.07, 6.45) is 3.10. The fourth-order valence-electron chi connectivity index (χ4n) is 3.85. The van der Waals surface area contributed by atoms with E-state index in [1.165, 1.54) is 22.4 Å². The van der Waals surface area contributed by atoms with Crippen molar-refractivity contribution in [1.82, 2.24) is 0 Å². The van der Waals surface area contributed by atoms with Gasteiger partial charge in [0.1, 0.15) is 6.10 Å². The molecule has 26 heavy (non-hydrogen) atoms. The number of halogens is 1. The molecule has 0 saturated carbocycles. The van der Waals surface area contributed by atoms with Crippen LogP contribution >= 0.6 is 0 Å². The summed E-state index contributed by atoms with van der Waals surface area (Å²) in [5.41, 5.74) is 2.16. The smallest absolute Gasteiger partial charge is 0.178 e. The average molecular weight is 349 g/mol. The van der Waals surface area contributed by atoms with Gasteiger partial charge in [-0.2, -0.15) is 0 Å². The van der Waals surface area contributed by atoms with Crippen molar-refractivity contribution >= 4 is 16.5 Å². The molecule has 0 aliphatic carbocycles. The number of ether oxygens (including phenoxy) is 1. The molecule has 3 aromatic rings. The molecule has 3 aromatic carbocycles. The van der Waals surface area contributed by atoms with Gasteiger partial charge in [0, 0.05) is 0 Å². The maximum absolute atomic E-state index is 13.9. The van der Waals surface area contributed by atoms with E-state index >= 15 is 0 Å². The van der Waals surface area contributed by atoms with E-state index in [0.717, 1.165) is 31.5 Å². The van der Waals surface area contributed by atoms with Crippen molar-refractivity contribution in [3.05, 3.63) is 72.0 Å². The average Bonchev–Trinajstić information content (AvgIpc) is 2.68. The molecular formula is C23H24FNO. The Hall–Kier alpha value is -2.55. The monoisotopic (exact) mass is 349 g/mol. The van der Waals surface area contributed by atoms with Gasteiger partial charge in [-0.05, 0) is 53.6 Å². The van der Waals surface area contributed by atoms with Crippen LogP contribution in [-0.4, -0.2) is 12.6 Å². The Morgan fingerprint density at radius 2 is 1.88 bits per heavy atom. The zero-order chi connectivity index (χ0) is 17.9. The van der Waals surface area contributed by atoms with Crippen molar-refractivity contribution in [2.45, 2.75) is 38.2 Å². The third kappa shape index (κ3) is 3.39. The van der Waals surface area contributed by atoms with Gasteiger partial charge in [0.05, 0.1) is 12.2 Å². The van der Waals surface area contributed by atoms with Crippen LogP contribution in [-0.2, 0) is 0 Å². The summed E-state index contributed by atoms with van der Waals surface area (Å²) in [6, 6.07) is 20.1. The standard InChI is InChI=1S/C23H24FNO/c1-16(19-12-5-9-17-8-2-3-11-20(17)19)7-4-10-18-15-25-22-14-6-13-21(24)23(22)26-18/h2-3,5-6,8-9,11-14,16,18,25H,4,7,10,15H2,1H3/t16-,18?/m0/s1. The minimum Gasteiger partial charge on any atom is -0.483 e. The minimum atomic E-state index is -0.288. The van der Waals surface area contributed by atoms with Crippen LogP contribution in [0.25, 0.3) is 10.8 Å². The Kier molecular flexibility index (Phi) is 4.79. The molecule has 0 fully saturated rings. The quantitative estimate of drug-likeness (QED) is 0.598. The molecule has 134 valence electrons. The number of anilines is 1. The third-order valence-corrected chi connectivity index (χ3v) is 5.29. The van der Waals surface area contributed by atoms with Crippen molar-refractivity contribution in [2.24, 2.45) is 0 Å². The molecule has 1 N–H and O–H groups in total. The highest BCUT2D eigenvalue weighted by Gasteiger charge is 2.22. The first-order valence-electron chi connectivity index (χ1n) is 9.39. The minimum absolute atomic E-state index is 0.0270. The van der Waals surface area contributed by atoms with Crippen LogP contribution in [0.15, 0.2) is 60.7 Å². The van der Waals surface area contributed by atoms with Gasteiger partial charge >= 0.3 is 0 Å². The summed E-state index contributed by atoms with van der Waals surface area (Å²) in [5.74, 6) is 0.566. The van der Waals surface area contributed by atoms with Crippen molar-refractivity contribution < 1.29 is 9.13 Å². The molecule has 0 radical (unpaired) electrons. The molecule has 0 spiro atoms. The largest absolute Gasteiger partial charge is 0.483 e. The van der Waals surface area contributed by atoms with Gasteiger partial charge in [-0.25, -0.2) is 4.39 Å². The van der Waals surface area contributed by atoms with Crippen molar-refractivity contribution in [1.29, 1.82) is 0 Å². The Bertz CT molecular complexity index is 902. The molecule has 2 atom stereocenters. The second kappa shape index (κ2) is 7.36. The van der Waals surface area contributed by atoms with E-state index in [1.807, 2.05) is 6.07 Å². The normalized spacial score (nSPS) is 17.2. The Balaban J connectivity index is 1.37. The van der Waals surface area contributed by atoms with E-state index in [2.05, 4.69) is 54.7 Å². The molecule has 3 heteroatoms. The summed E-state index contributed by atoms with van der Waals surface area (Å²) in [4.78, 5) is 0. The number of hydrogen-bond acceptors (Lipinski definition) is 2. The first kappa shape index (κ1) is 16.9. The topological polar surface area (TPSA) is 21.3 Å². The molecule has 4 rings (SSSR count). The number of hydrogen-bond donors (Lipinski definition) is 1. The maximum Gasteiger partial charge on any atom is 0.178 e. The third-order valence-electron chi connectivity index (χ3n) is 5.29. The number of fused-ring (bicyclic) bond motifs is 2. The van der Waals surface area contributed by atoms with Gasteiger partial charge in [-0.3, -0.25) is 0 Å². The SMILES string of the molecule is C[C@@H](CCCC1CNc2cccc(F)c2O1)c1cccc2ccccc12. The van der Waals surface area contributed by atoms with E-state index in [1.54, 1.807) is 6.07 Å². The number of rotatable bonds is 5. The molecule has 1 unspecified atom stereocenters. The van der Waals surface area contributed by atoms with Crippen molar-refractivity contribution in [2.75, 3.05) is 11.9 Å². The molecule has 0 aromatic heterocycles. The first-order valence-corrected chi connectivity index (χ1v) is 9.39. The van der Waals surface area contributed by atoms with Gasteiger partial charge in [-0.15, -0.1) is 0 Å². The highest BCUT2D eigenvalue weighted by atomic mass is 19.1. The van der Waals surface area contributed by atoms with Gasteiger partial charge in [0.25, 0.3) is 0 Å². The fraction of sp³-hybridized carbons (Fsp3) is 0.304. The molecule has 1 heterocycles. The number of nitrogens with one attached hydrogen (secondary N) is 1. The van der Waals surface area contributed by atoms with Gasteiger partial charge in [-0.1, -0.05) is 55.5 Å². The molecule has 1 aliphatic heterocycles. The Labute approximate surface area is 154 Å². The molecular weight excluding hydrogens is 325 g/mol. The van der Waals surface area contributed by atoms with Crippen LogP contribution in [0.2, 0.25) is 0 Å². The number of benzene rings is 3. The molecule has 0 saturated heterocycles. The van der Waals surface area contributed by atoms with Crippen LogP contribution in [0.3, 0.4) is 0 Å². The highest BCUT2D eigenvalue weighted by molar-refractivity contribution is 5.86. The summed E-state index contributed by atoms with van der Waals surface area (Å²) in [5, 5.41) is 5.92. The number of para-hydroxylation sites is 1. The second-order valence-electron chi connectivity index (χ2n) is 7.14. The fourth-order valence-corrected chi connectivity index (χ4v) is 3.85. The predicted molar refractivity (Wildman–Crippen MR) is 106 cm³/mol. The summed E-state index contributed by atoms with van der Waals surface area (Å²) in [7, 11) is 0. The highest BCUT2D eigenvalue weighted by Crippen LogP contribution is 2.33. The Morgan fingerprint density at radius 1 is 1.08 bits per heavy atom. The van der Waals surface area contributed by atoms with E-state index in [0.29, 0.717) is 11.7 Å². The first-order chi connectivity index (χ1) is 12.7. The predicted octanol–water partition coefficient (Wildman–Crippen LogP) is 6.13. The Morgan fingerprint density at radius 3 is 2.81 bits per heavy atom. The molecule has 1 aliphatic rings. The van der Waals surface area contributed by atoms with Crippen LogP contribution in [0, 0.1) is 5.82 Å². The van der Waals surface area contributed by atoms with E-state index in [-0.39, 0.29) is 11.9 Å². The zero-order valence-corrected chi connectivity index (χ0v) is 15.0. The van der Waals surface area contributed by atoms with Crippen LogP contribution < -0.4 is 10.1 Å². The van der Waals surface area contributed by atoms with Crippen LogP contribution in [0.1, 0.15) is 37.7 Å². The maximum atomic E-state index is 13.9. The summed E-state index contributed by atoms with van der Waals surface area (Å²) >= 11 is 0. The molecule has 0 amide bonds. The zero-order valence-electron chi connectivity index (χ0n) is 15.0. The summed E-state index contributed by atoms with van der Waals surface area (Å²) < 4.78 is 19.8. The van der Waals surface area contributed by atoms with Crippen LogP contribution in [0.4, 0.5) is 10.1 Å². The van der Waals surface area contributed by atoms with Crippen LogP contribution in [0.5, 0.6) is 5.75 Å². The van der Waals surface area contributed by atoms with E-state index in [4.69, 9.17) is 4.74 Å². The molecule has 2 nitrogen and oxygen atoms in total. The molecule has 0 bridgehead atoms. The van der Waals surface area contributed by atoms with Crippen molar-refractivity contribution in [3.8, 4) is 5.75 Å². The lowest BCUT2D eigenvalue weighted by atomic mass is 9.90. The second-order valence-corrected chi connectivity index (χ2v) is 7.14. The van der Waals surface area contributed by atoms with Gasteiger partial charge < -0.3 is 10.1 Å². The lowest BCUT2D eigenvalue weighted by molar-refractivity contribution is 0.182. The lowest BCUT2D eigenvalue weighted by Crippen LogP contribution is -2.31. The van der Waals surface area contributed by atoms with Gasteiger partial charge in [0.15, 0.2) is 11.6 Å². The van der Waals surface area contributed by atoms with Gasteiger partial charge in [0.2, 0.25) is 0 Å². The summed E-state index contributed by atoms with van der Waals surface area (Å²) in [6.45, 7) is 3.02. The lowest BCUT2D eigenvalue weighted by Gasteiger charge is -2.28. The van der Waals surface area contributed by atoms with Crippen molar-refractivity contribution in [3.63, 3.8) is 0 Å².